The molecule has 3 nitrogen and oxygen atoms in total. The molecule has 1 aliphatic heterocycles. The lowest BCUT2D eigenvalue weighted by atomic mass is 10.2. The van der Waals surface area contributed by atoms with Gasteiger partial charge in [-0.05, 0) is 24.3 Å². The van der Waals surface area contributed by atoms with Crippen molar-refractivity contribution < 1.29 is 9.53 Å². The molecule has 0 atom stereocenters. The van der Waals surface area contributed by atoms with E-state index in [0.29, 0.717) is 12.2 Å². The van der Waals surface area contributed by atoms with Crippen LogP contribution >= 0.6 is 0 Å². The van der Waals surface area contributed by atoms with Crippen molar-refractivity contribution in [3.8, 4) is 0 Å². The molecule has 16 heavy (non-hydrogen) atoms. The fourth-order valence-electron chi connectivity index (χ4n) is 1.52. The Morgan fingerprint density at radius 1 is 1.31 bits per heavy atom. The maximum Gasteiger partial charge on any atom is 0.257 e. The van der Waals surface area contributed by atoms with Gasteiger partial charge in [0.2, 0.25) is 0 Å². The fourth-order valence-corrected chi connectivity index (χ4v) is 1.52. The Hall–Kier alpha value is -2.03. The zero-order valence-electron chi connectivity index (χ0n) is 9.09. The van der Waals surface area contributed by atoms with Gasteiger partial charge in [0.1, 0.15) is 6.61 Å². The van der Waals surface area contributed by atoms with E-state index in [9.17, 15) is 4.79 Å². The Bertz CT molecular complexity index is 435. The summed E-state index contributed by atoms with van der Waals surface area (Å²) >= 11 is 0. The van der Waals surface area contributed by atoms with Crippen molar-refractivity contribution in [2.45, 2.75) is 0 Å². The summed E-state index contributed by atoms with van der Waals surface area (Å²) in [6, 6.07) is 9.22. The van der Waals surface area contributed by atoms with Gasteiger partial charge in [0, 0.05) is 18.3 Å². The number of benzene rings is 1. The maximum absolute atomic E-state index is 12.1. The normalized spacial score (nSPS) is 13.9. The van der Waals surface area contributed by atoms with Crippen LogP contribution in [0.2, 0.25) is 0 Å². The predicted molar refractivity (Wildman–Crippen MR) is 61.7 cm³/mol. The minimum atomic E-state index is -0.0154. The van der Waals surface area contributed by atoms with Gasteiger partial charge in [-0.3, -0.25) is 4.79 Å². The summed E-state index contributed by atoms with van der Waals surface area (Å²) < 4.78 is 5.04. The molecule has 1 aromatic rings. The van der Waals surface area contributed by atoms with E-state index in [2.05, 4.69) is 0 Å². The smallest absolute Gasteiger partial charge is 0.257 e. The molecule has 0 bridgehead atoms. The highest BCUT2D eigenvalue weighted by atomic mass is 16.5. The first-order valence-corrected chi connectivity index (χ1v) is 5.10. The molecule has 0 saturated heterocycles. The Labute approximate surface area is 94.6 Å². The number of likely N-dealkylation sites (N-methyl/N-ethyl adjacent to an activating group) is 1. The first-order chi connectivity index (χ1) is 7.79. The Balaban J connectivity index is 2.16. The summed E-state index contributed by atoms with van der Waals surface area (Å²) in [5.41, 5.74) is 1.55. The van der Waals surface area contributed by atoms with E-state index >= 15 is 0 Å². The Kier molecular flexibility index (Phi) is 3.05. The Morgan fingerprint density at radius 2 is 2.06 bits per heavy atom. The highest BCUT2D eigenvalue weighted by Gasteiger charge is 2.14. The molecule has 0 fully saturated rings. The maximum atomic E-state index is 12.1. The third kappa shape index (κ3) is 2.14. The molecule has 1 heterocycles. The predicted octanol–water partition coefficient (Wildman–Crippen LogP) is 2.19. The van der Waals surface area contributed by atoms with Crippen LogP contribution < -0.4 is 0 Å². The van der Waals surface area contributed by atoms with E-state index in [1.54, 1.807) is 24.3 Å². The summed E-state index contributed by atoms with van der Waals surface area (Å²) in [5.74, 6) is -0.0154. The van der Waals surface area contributed by atoms with Crippen LogP contribution in [0.15, 0.2) is 54.4 Å². The summed E-state index contributed by atoms with van der Waals surface area (Å²) in [6.07, 6.45) is 5.26. The van der Waals surface area contributed by atoms with E-state index < -0.39 is 0 Å². The first kappa shape index (κ1) is 10.5. The second kappa shape index (κ2) is 4.66. The summed E-state index contributed by atoms with van der Waals surface area (Å²) in [5, 5.41) is 0. The van der Waals surface area contributed by atoms with E-state index in [-0.39, 0.29) is 5.91 Å². The zero-order valence-corrected chi connectivity index (χ0v) is 9.09. The van der Waals surface area contributed by atoms with Crippen LogP contribution in [-0.4, -0.2) is 24.5 Å². The van der Waals surface area contributed by atoms with Crippen LogP contribution in [0.5, 0.6) is 0 Å². The van der Waals surface area contributed by atoms with E-state index in [1.165, 1.54) is 0 Å². The molecule has 2 rings (SSSR count). The fraction of sp³-hybridized carbons (Fsp3) is 0.154. The average molecular weight is 215 g/mol. The van der Waals surface area contributed by atoms with Crippen molar-refractivity contribution in [1.29, 1.82) is 0 Å². The zero-order chi connectivity index (χ0) is 11.4. The van der Waals surface area contributed by atoms with Crippen molar-refractivity contribution in [3.63, 3.8) is 0 Å². The number of hydrogen-bond acceptors (Lipinski definition) is 2. The number of rotatable bonds is 2. The molecule has 0 unspecified atom stereocenters. The monoisotopic (exact) mass is 215 g/mol. The van der Waals surface area contributed by atoms with Crippen LogP contribution in [-0.2, 0) is 4.74 Å². The molecule has 1 aliphatic rings. The molecule has 0 N–H and O–H groups in total. The minimum absolute atomic E-state index is 0.0154. The molecule has 3 heteroatoms. The minimum Gasteiger partial charge on any atom is -0.497 e. The molecule has 0 aromatic heterocycles. The first-order valence-electron chi connectivity index (χ1n) is 5.10. The lowest BCUT2D eigenvalue weighted by Crippen LogP contribution is -2.26. The quantitative estimate of drug-likeness (QED) is 0.756. The van der Waals surface area contributed by atoms with Gasteiger partial charge in [-0.15, -0.1) is 0 Å². The number of carbonyl (C=O) groups is 1. The summed E-state index contributed by atoms with van der Waals surface area (Å²) in [7, 11) is 1.76. The summed E-state index contributed by atoms with van der Waals surface area (Å²) in [6.45, 7) is 0.512. The molecule has 82 valence electrons. The van der Waals surface area contributed by atoms with Crippen LogP contribution in [0.4, 0.5) is 0 Å². The van der Waals surface area contributed by atoms with Crippen LogP contribution in [0.25, 0.3) is 0 Å². The SMILES string of the molecule is CN(C(=O)c1ccccc1)C1=CCOC=C1. The number of amides is 1. The molecular weight excluding hydrogens is 202 g/mol. The van der Waals surface area contributed by atoms with Gasteiger partial charge >= 0.3 is 0 Å². The van der Waals surface area contributed by atoms with Crippen LogP contribution in [0.1, 0.15) is 10.4 Å². The number of allylic oxidation sites excluding steroid dienone is 1. The van der Waals surface area contributed by atoms with E-state index in [0.717, 1.165) is 5.70 Å². The largest absolute Gasteiger partial charge is 0.497 e. The average Bonchev–Trinajstić information content (AvgIpc) is 2.39. The van der Waals surface area contributed by atoms with Gasteiger partial charge in [0.15, 0.2) is 0 Å². The molecule has 0 saturated carbocycles. The molecule has 0 aliphatic carbocycles. The van der Waals surface area contributed by atoms with Gasteiger partial charge < -0.3 is 9.64 Å². The van der Waals surface area contributed by atoms with Gasteiger partial charge in [-0.2, -0.15) is 0 Å². The second-order valence-electron chi connectivity index (χ2n) is 3.50. The topological polar surface area (TPSA) is 29.5 Å². The molecular formula is C13H13NO2. The van der Waals surface area contributed by atoms with Gasteiger partial charge in [-0.25, -0.2) is 0 Å². The third-order valence-electron chi connectivity index (χ3n) is 2.44. The van der Waals surface area contributed by atoms with E-state index in [4.69, 9.17) is 4.74 Å². The van der Waals surface area contributed by atoms with Crippen LogP contribution in [0.3, 0.4) is 0 Å². The number of hydrogen-bond donors (Lipinski definition) is 0. The number of carbonyl (C=O) groups excluding carboxylic acids is 1. The molecule has 1 amide bonds. The van der Waals surface area contributed by atoms with Crippen molar-refractivity contribution in [2.24, 2.45) is 0 Å². The van der Waals surface area contributed by atoms with Crippen molar-refractivity contribution in [1.82, 2.24) is 4.90 Å². The van der Waals surface area contributed by atoms with Gasteiger partial charge in [0.05, 0.1) is 6.26 Å². The highest BCUT2D eigenvalue weighted by molar-refractivity contribution is 5.95. The number of ether oxygens (including phenoxy) is 1. The Morgan fingerprint density at radius 3 is 2.69 bits per heavy atom. The summed E-state index contributed by atoms with van der Waals surface area (Å²) in [4.78, 5) is 13.7. The van der Waals surface area contributed by atoms with Crippen molar-refractivity contribution in [2.75, 3.05) is 13.7 Å². The lowest BCUT2D eigenvalue weighted by molar-refractivity contribution is 0.0837. The van der Waals surface area contributed by atoms with E-state index in [1.807, 2.05) is 36.4 Å². The molecule has 0 radical (unpaired) electrons. The van der Waals surface area contributed by atoms with Crippen molar-refractivity contribution >= 4 is 5.91 Å². The van der Waals surface area contributed by atoms with Gasteiger partial charge in [0.25, 0.3) is 5.91 Å². The van der Waals surface area contributed by atoms with Gasteiger partial charge in [-0.1, -0.05) is 18.2 Å². The van der Waals surface area contributed by atoms with Crippen LogP contribution in [0, 0.1) is 0 Å². The third-order valence-corrected chi connectivity index (χ3v) is 2.44. The van der Waals surface area contributed by atoms with Crippen molar-refractivity contribution in [3.05, 3.63) is 60.0 Å². The lowest BCUT2D eigenvalue weighted by Gasteiger charge is -2.20. The highest BCUT2D eigenvalue weighted by Crippen LogP contribution is 2.12. The molecule has 1 aromatic carbocycles. The second-order valence-corrected chi connectivity index (χ2v) is 3.50. The standard InChI is InChI=1S/C13H13NO2/c1-14(12-7-9-16-10-8-12)13(15)11-5-3-2-4-6-11/h2-9H,10H2,1H3. The molecule has 0 spiro atoms. The number of nitrogens with zero attached hydrogens (tertiary/aromatic N) is 1.